The van der Waals surface area contributed by atoms with E-state index in [0.717, 1.165) is 21.6 Å². The van der Waals surface area contributed by atoms with Crippen molar-refractivity contribution in [2.45, 2.75) is 26.4 Å². The maximum atomic E-state index is 12.2. The van der Waals surface area contributed by atoms with Gasteiger partial charge >= 0.3 is 6.18 Å². The minimum Gasteiger partial charge on any atom is -0.341 e. The first kappa shape index (κ1) is 17.5. The average molecular weight is 342 g/mol. The molecule has 7 heteroatoms. The van der Waals surface area contributed by atoms with E-state index in [2.05, 4.69) is 4.98 Å². The number of hydrogen-bond acceptors (Lipinski definition) is 3. The van der Waals surface area contributed by atoms with Crippen molar-refractivity contribution in [1.29, 1.82) is 0 Å². The van der Waals surface area contributed by atoms with Gasteiger partial charge in [-0.3, -0.25) is 4.79 Å². The summed E-state index contributed by atoms with van der Waals surface area (Å²) in [7, 11) is 1.37. The van der Waals surface area contributed by atoms with Crippen LogP contribution in [0.3, 0.4) is 0 Å². The lowest BCUT2D eigenvalue weighted by atomic mass is 10.1. The molecule has 0 aliphatic carbocycles. The van der Waals surface area contributed by atoms with Crippen LogP contribution in [0.25, 0.3) is 10.6 Å². The van der Waals surface area contributed by atoms with E-state index in [1.54, 1.807) is 0 Å². The number of thiazole rings is 1. The Labute approximate surface area is 136 Å². The molecule has 0 fully saturated rings. The molecule has 124 valence electrons. The number of benzene rings is 1. The van der Waals surface area contributed by atoms with Crippen molar-refractivity contribution in [3.8, 4) is 10.6 Å². The maximum Gasteiger partial charge on any atom is 0.390 e. The molecule has 23 heavy (non-hydrogen) atoms. The molecule has 0 atom stereocenters. The number of aryl methyl sites for hydroxylation is 2. The first-order valence-corrected chi connectivity index (χ1v) is 7.84. The highest BCUT2D eigenvalue weighted by Crippen LogP contribution is 2.29. The third-order valence-corrected chi connectivity index (χ3v) is 4.42. The summed E-state index contributed by atoms with van der Waals surface area (Å²) >= 11 is 1.19. The Morgan fingerprint density at radius 2 is 2.00 bits per heavy atom. The van der Waals surface area contributed by atoms with Gasteiger partial charge in [-0.05, 0) is 19.4 Å². The smallest absolute Gasteiger partial charge is 0.341 e. The van der Waals surface area contributed by atoms with Gasteiger partial charge in [-0.15, -0.1) is 11.3 Å². The predicted octanol–water partition coefficient (Wildman–Crippen LogP) is 4.45. The van der Waals surface area contributed by atoms with Crippen LogP contribution in [-0.2, 0) is 0 Å². The van der Waals surface area contributed by atoms with E-state index in [1.165, 1.54) is 24.6 Å². The van der Waals surface area contributed by atoms with E-state index < -0.39 is 18.5 Å². The zero-order valence-corrected chi connectivity index (χ0v) is 13.9. The monoisotopic (exact) mass is 342 g/mol. The van der Waals surface area contributed by atoms with Gasteiger partial charge in [0.05, 0.1) is 12.6 Å². The highest BCUT2D eigenvalue weighted by Gasteiger charge is 2.28. The van der Waals surface area contributed by atoms with Crippen molar-refractivity contribution >= 4 is 17.2 Å². The van der Waals surface area contributed by atoms with Gasteiger partial charge in [0.15, 0.2) is 0 Å². The molecule has 2 aromatic rings. The Morgan fingerprint density at radius 3 is 2.61 bits per heavy atom. The molecule has 0 unspecified atom stereocenters. The summed E-state index contributed by atoms with van der Waals surface area (Å²) in [6.45, 7) is 3.59. The van der Waals surface area contributed by atoms with Crippen LogP contribution in [0.4, 0.5) is 13.2 Å². The Hall–Kier alpha value is -1.89. The predicted molar refractivity (Wildman–Crippen MR) is 84.7 cm³/mol. The zero-order chi connectivity index (χ0) is 17.2. The van der Waals surface area contributed by atoms with Gasteiger partial charge in [0, 0.05) is 19.2 Å². The minimum atomic E-state index is -4.27. The number of carbonyl (C=O) groups is 1. The van der Waals surface area contributed by atoms with Gasteiger partial charge in [-0.25, -0.2) is 4.98 Å². The average Bonchev–Trinajstić information content (AvgIpc) is 2.92. The van der Waals surface area contributed by atoms with Crippen molar-refractivity contribution in [1.82, 2.24) is 9.88 Å². The van der Waals surface area contributed by atoms with Crippen molar-refractivity contribution in [2.75, 3.05) is 13.6 Å². The molecule has 1 heterocycles. The lowest BCUT2D eigenvalue weighted by molar-refractivity contribution is -0.136. The molecular formula is C16H17F3N2OS. The lowest BCUT2D eigenvalue weighted by Gasteiger charge is -2.16. The molecule has 0 N–H and O–H groups in total. The molecule has 0 radical (unpaired) electrons. The second-order valence-corrected chi connectivity index (χ2v) is 6.47. The molecule has 0 bridgehead atoms. The van der Waals surface area contributed by atoms with Gasteiger partial charge in [0.25, 0.3) is 5.91 Å². The number of nitrogens with zero attached hydrogens (tertiary/aromatic N) is 2. The fourth-order valence-electron chi connectivity index (χ4n) is 2.14. The zero-order valence-electron chi connectivity index (χ0n) is 13.1. The molecule has 1 amide bonds. The molecule has 3 nitrogen and oxygen atoms in total. The molecule has 1 aromatic heterocycles. The Kier molecular flexibility index (Phi) is 5.09. The van der Waals surface area contributed by atoms with Crippen LogP contribution in [0.15, 0.2) is 24.4 Å². The summed E-state index contributed by atoms with van der Waals surface area (Å²) in [5.74, 6) is -0.442. The minimum absolute atomic E-state index is 0.338. The van der Waals surface area contributed by atoms with Crippen LogP contribution in [0.1, 0.15) is 27.2 Å². The summed E-state index contributed by atoms with van der Waals surface area (Å²) < 4.78 is 36.7. The number of aromatic nitrogens is 1. The fourth-order valence-corrected chi connectivity index (χ4v) is 3.14. The van der Waals surface area contributed by atoms with E-state index >= 15 is 0 Å². The van der Waals surface area contributed by atoms with Gasteiger partial charge in [-0.1, -0.05) is 23.8 Å². The molecule has 2 rings (SSSR count). The van der Waals surface area contributed by atoms with E-state index in [9.17, 15) is 18.0 Å². The van der Waals surface area contributed by atoms with Crippen LogP contribution in [0.2, 0.25) is 0 Å². The van der Waals surface area contributed by atoms with Crippen LogP contribution >= 0.6 is 11.3 Å². The molecule has 0 aliphatic heterocycles. The van der Waals surface area contributed by atoms with Crippen molar-refractivity contribution in [2.24, 2.45) is 0 Å². The Morgan fingerprint density at radius 1 is 1.30 bits per heavy atom. The molecule has 0 saturated heterocycles. The highest BCUT2D eigenvalue weighted by molar-refractivity contribution is 7.16. The van der Waals surface area contributed by atoms with Gasteiger partial charge in [-0.2, -0.15) is 13.2 Å². The van der Waals surface area contributed by atoms with E-state index in [1.807, 2.05) is 32.0 Å². The molecule has 0 aliphatic rings. The highest BCUT2D eigenvalue weighted by atomic mass is 32.1. The van der Waals surface area contributed by atoms with Gasteiger partial charge in [0.1, 0.15) is 9.88 Å². The van der Waals surface area contributed by atoms with Crippen LogP contribution in [0, 0.1) is 13.8 Å². The fraction of sp³-hybridized carbons (Fsp3) is 0.375. The number of carbonyl (C=O) groups excluding carboxylic acids is 1. The maximum absolute atomic E-state index is 12.2. The SMILES string of the molecule is Cc1ccc(-c2ncc(C(=O)N(C)CCC(F)(F)F)s2)c(C)c1. The van der Waals surface area contributed by atoms with Gasteiger partial charge in [0.2, 0.25) is 0 Å². The quantitative estimate of drug-likeness (QED) is 0.822. The second kappa shape index (κ2) is 6.70. The van der Waals surface area contributed by atoms with Crippen LogP contribution in [0.5, 0.6) is 0 Å². The molecule has 0 spiro atoms. The first-order valence-electron chi connectivity index (χ1n) is 7.03. The van der Waals surface area contributed by atoms with Crippen molar-refractivity contribution in [3.63, 3.8) is 0 Å². The van der Waals surface area contributed by atoms with Crippen LogP contribution in [-0.4, -0.2) is 35.6 Å². The Balaban J connectivity index is 2.13. The summed E-state index contributed by atoms with van der Waals surface area (Å²) in [6, 6.07) is 5.92. The Bertz CT molecular complexity index is 710. The summed E-state index contributed by atoms with van der Waals surface area (Å²) in [6.07, 6.45) is -3.86. The number of alkyl halides is 3. The molecular weight excluding hydrogens is 325 g/mol. The molecule has 0 saturated carbocycles. The standard InChI is InChI=1S/C16H17F3N2OS/c1-10-4-5-12(11(2)8-10)14-20-9-13(23-14)15(22)21(3)7-6-16(17,18)19/h4-5,8-9H,6-7H2,1-3H3. The van der Waals surface area contributed by atoms with Crippen molar-refractivity contribution < 1.29 is 18.0 Å². The largest absolute Gasteiger partial charge is 0.390 e. The number of amides is 1. The summed E-state index contributed by atoms with van der Waals surface area (Å²) in [5.41, 5.74) is 3.10. The summed E-state index contributed by atoms with van der Waals surface area (Å²) in [4.78, 5) is 17.8. The normalized spacial score (nSPS) is 11.6. The first-order chi connectivity index (χ1) is 10.7. The third kappa shape index (κ3) is 4.54. The lowest BCUT2D eigenvalue weighted by Crippen LogP contribution is -2.30. The topological polar surface area (TPSA) is 33.2 Å². The van der Waals surface area contributed by atoms with E-state index in [0.29, 0.717) is 9.88 Å². The summed E-state index contributed by atoms with van der Waals surface area (Å²) in [5, 5.41) is 0.690. The number of halogens is 3. The van der Waals surface area contributed by atoms with E-state index in [-0.39, 0.29) is 6.54 Å². The van der Waals surface area contributed by atoms with Gasteiger partial charge < -0.3 is 4.90 Å². The van der Waals surface area contributed by atoms with Crippen molar-refractivity contribution in [3.05, 3.63) is 40.4 Å². The number of rotatable bonds is 4. The molecule has 1 aromatic carbocycles. The third-order valence-electron chi connectivity index (χ3n) is 3.41. The van der Waals surface area contributed by atoms with Crippen LogP contribution < -0.4 is 0 Å². The second-order valence-electron chi connectivity index (χ2n) is 5.44. The van der Waals surface area contributed by atoms with E-state index in [4.69, 9.17) is 0 Å². The number of hydrogen-bond donors (Lipinski definition) is 0.